The van der Waals surface area contributed by atoms with Crippen molar-refractivity contribution in [1.82, 2.24) is 4.57 Å². The van der Waals surface area contributed by atoms with Crippen molar-refractivity contribution in [2.24, 2.45) is 0 Å². The average Bonchev–Trinajstić information content (AvgIpc) is 2.82. The Bertz CT molecular complexity index is 593. The standard InChI is InChI=1S/C11H11NO4S/c1-7-2-3-9(16-7)8-6-17-11(15)12(8)5-4-10(13)14/h2-3,6H,4-5H2,1H3,(H,13,14). The molecule has 2 aromatic heterocycles. The molecule has 0 aliphatic heterocycles. The Morgan fingerprint density at radius 1 is 1.53 bits per heavy atom. The van der Waals surface area contributed by atoms with Crippen LogP contribution in [0, 0.1) is 6.92 Å². The average molecular weight is 253 g/mol. The largest absolute Gasteiger partial charge is 0.481 e. The number of hydrogen-bond donors (Lipinski definition) is 1. The minimum absolute atomic E-state index is 0.0800. The molecule has 0 spiro atoms. The Morgan fingerprint density at radius 3 is 2.88 bits per heavy atom. The lowest BCUT2D eigenvalue weighted by molar-refractivity contribution is -0.137. The van der Waals surface area contributed by atoms with Gasteiger partial charge in [0.2, 0.25) is 0 Å². The van der Waals surface area contributed by atoms with Crippen LogP contribution in [-0.4, -0.2) is 15.6 Å². The van der Waals surface area contributed by atoms with Gasteiger partial charge >= 0.3 is 10.8 Å². The van der Waals surface area contributed by atoms with E-state index in [4.69, 9.17) is 9.52 Å². The molecule has 2 heterocycles. The van der Waals surface area contributed by atoms with Gasteiger partial charge in [0, 0.05) is 11.9 Å². The highest BCUT2D eigenvalue weighted by molar-refractivity contribution is 7.07. The maximum absolute atomic E-state index is 11.6. The highest BCUT2D eigenvalue weighted by Gasteiger charge is 2.12. The lowest BCUT2D eigenvalue weighted by Gasteiger charge is -2.03. The van der Waals surface area contributed by atoms with Crippen molar-refractivity contribution in [3.63, 3.8) is 0 Å². The van der Waals surface area contributed by atoms with Crippen molar-refractivity contribution in [3.05, 3.63) is 32.9 Å². The first-order valence-corrected chi connectivity index (χ1v) is 5.93. The van der Waals surface area contributed by atoms with Crippen molar-refractivity contribution in [2.75, 3.05) is 0 Å². The van der Waals surface area contributed by atoms with E-state index in [0.29, 0.717) is 11.5 Å². The molecule has 0 aliphatic carbocycles. The number of thiazole rings is 1. The van der Waals surface area contributed by atoms with Crippen LogP contribution in [0.2, 0.25) is 0 Å². The molecule has 0 unspecified atom stereocenters. The molecule has 6 heteroatoms. The van der Waals surface area contributed by atoms with Crippen LogP contribution in [0.1, 0.15) is 12.2 Å². The van der Waals surface area contributed by atoms with E-state index in [1.165, 1.54) is 4.57 Å². The predicted octanol–water partition coefficient (Wildman–Crippen LogP) is 1.95. The maximum atomic E-state index is 11.6. The predicted molar refractivity (Wildman–Crippen MR) is 63.3 cm³/mol. The first-order chi connectivity index (χ1) is 8.08. The summed E-state index contributed by atoms with van der Waals surface area (Å²) in [7, 11) is 0. The van der Waals surface area contributed by atoms with Gasteiger partial charge < -0.3 is 9.52 Å². The molecule has 0 saturated carbocycles. The van der Waals surface area contributed by atoms with Gasteiger partial charge in [-0.05, 0) is 19.1 Å². The third kappa shape index (κ3) is 2.47. The summed E-state index contributed by atoms with van der Waals surface area (Å²) in [5.74, 6) is 0.416. The molecule has 1 N–H and O–H groups in total. The monoisotopic (exact) mass is 253 g/mol. The lowest BCUT2D eigenvalue weighted by Crippen LogP contribution is -2.16. The van der Waals surface area contributed by atoms with Crippen molar-refractivity contribution < 1.29 is 14.3 Å². The van der Waals surface area contributed by atoms with Crippen molar-refractivity contribution in [3.8, 4) is 11.5 Å². The Labute approximate surface area is 101 Å². The van der Waals surface area contributed by atoms with Gasteiger partial charge in [-0.3, -0.25) is 14.2 Å². The van der Waals surface area contributed by atoms with Gasteiger partial charge in [0.1, 0.15) is 5.76 Å². The summed E-state index contributed by atoms with van der Waals surface area (Å²) < 4.78 is 6.86. The minimum atomic E-state index is -0.926. The number of carboxylic acid groups (broad SMARTS) is 1. The zero-order valence-corrected chi connectivity index (χ0v) is 9.99. The fourth-order valence-electron chi connectivity index (χ4n) is 1.51. The number of rotatable bonds is 4. The number of aryl methyl sites for hydroxylation is 1. The number of aromatic nitrogens is 1. The topological polar surface area (TPSA) is 72.4 Å². The van der Waals surface area contributed by atoms with Gasteiger partial charge in [-0.25, -0.2) is 0 Å². The van der Waals surface area contributed by atoms with Crippen molar-refractivity contribution in [2.45, 2.75) is 19.9 Å². The zero-order chi connectivity index (χ0) is 12.4. The first kappa shape index (κ1) is 11.7. The van der Waals surface area contributed by atoms with E-state index in [9.17, 15) is 9.59 Å². The molecule has 0 fully saturated rings. The quantitative estimate of drug-likeness (QED) is 0.903. The summed E-state index contributed by atoms with van der Waals surface area (Å²) >= 11 is 1.04. The lowest BCUT2D eigenvalue weighted by atomic mass is 10.3. The Hall–Kier alpha value is -1.82. The first-order valence-electron chi connectivity index (χ1n) is 5.05. The van der Waals surface area contributed by atoms with Crippen LogP contribution in [0.5, 0.6) is 0 Å². The van der Waals surface area contributed by atoms with Gasteiger partial charge in [0.25, 0.3) is 0 Å². The molecule has 0 bridgehead atoms. The van der Waals surface area contributed by atoms with Crippen LogP contribution in [0.4, 0.5) is 0 Å². The third-order valence-corrected chi connectivity index (χ3v) is 3.09. The van der Waals surface area contributed by atoms with Crippen LogP contribution in [0.15, 0.2) is 26.7 Å². The number of carbonyl (C=O) groups is 1. The van der Waals surface area contributed by atoms with Gasteiger partial charge in [-0.1, -0.05) is 11.3 Å². The van der Waals surface area contributed by atoms with Crippen LogP contribution in [-0.2, 0) is 11.3 Å². The normalized spacial score (nSPS) is 10.6. The van der Waals surface area contributed by atoms with E-state index in [1.807, 2.05) is 6.92 Å². The van der Waals surface area contributed by atoms with Crippen LogP contribution in [0.3, 0.4) is 0 Å². The molecule has 17 heavy (non-hydrogen) atoms. The van der Waals surface area contributed by atoms with Crippen molar-refractivity contribution in [1.29, 1.82) is 0 Å². The smallest absolute Gasteiger partial charge is 0.307 e. The van der Waals surface area contributed by atoms with E-state index in [2.05, 4.69) is 0 Å². The number of furan rings is 1. The van der Waals surface area contributed by atoms with Gasteiger partial charge in [-0.15, -0.1) is 0 Å². The third-order valence-electron chi connectivity index (χ3n) is 2.32. The maximum Gasteiger partial charge on any atom is 0.307 e. The molecule has 0 aromatic carbocycles. The summed E-state index contributed by atoms with van der Waals surface area (Å²) in [6.07, 6.45) is -0.0800. The number of aliphatic carboxylic acids is 1. The van der Waals surface area contributed by atoms with Gasteiger partial charge in [0.15, 0.2) is 5.76 Å². The highest BCUT2D eigenvalue weighted by atomic mass is 32.1. The zero-order valence-electron chi connectivity index (χ0n) is 9.17. The Kier molecular flexibility index (Phi) is 3.14. The number of hydrogen-bond acceptors (Lipinski definition) is 4. The van der Waals surface area contributed by atoms with Crippen LogP contribution < -0.4 is 4.87 Å². The van der Waals surface area contributed by atoms with Crippen LogP contribution in [0.25, 0.3) is 11.5 Å². The fraction of sp³-hybridized carbons (Fsp3) is 0.273. The number of nitrogens with zero attached hydrogens (tertiary/aromatic N) is 1. The summed E-state index contributed by atoms with van der Waals surface area (Å²) in [4.78, 5) is 21.9. The highest BCUT2D eigenvalue weighted by Crippen LogP contribution is 2.22. The molecule has 5 nitrogen and oxygen atoms in total. The molecule has 0 amide bonds. The minimum Gasteiger partial charge on any atom is -0.481 e. The van der Waals surface area contributed by atoms with E-state index < -0.39 is 5.97 Å². The van der Waals surface area contributed by atoms with Gasteiger partial charge in [-0.2, -0.15) is 0 Å². The second-order valence-electron chi connectivity index (χ2n) is 3.59. The summed E-state index contributed by atoms with van der Waals surface area (Å²) in [5, 5.41) is 10.3. The molecule has 0 atom stereocenters. The number of carboxylic acids is 1. The van der Waals surface area contributed by atoms with E-state index in [-0.39, 0.29) is 17.8 Å². The van der Waals surface area contributed by atoms with E-state index in [0.717, 1.165) is 17.1 Å². The fourth-order valence-corrected chi connectivity index (χ4v) is 2.29. The Balaban J connectivity index is 2.35. The molecular formula is C11H11NO4S. The molecular weight excluding hydrogens is 242 g/mol. The second kappa shape index (κ2) is 4.58. The molecule has 2 rings (SSSR count). The molecule has 2 aromatic rings. The SMILES string of the molecule is Cc1ccc(-c2csc(=O)n2CCC(=O)O)o1. The summed E-state index contributed by atoms with van der Waals surface area (Å²) in [6.45, 7) is 1.97. The molecule has 90 valence electrons. The van der Waals surface area contributed by atoms with Crippen molar-refractivity contribution >= 4 is 17.3 Å². The van der Waals surface area contributed by atoms with Gasteiger partial charge in [0.05, 0.1) is 12.1 Å². The van der Waals surface area contributed by atoms with E-state index in [1.54, 1.807) is 17.5 Å². The second-order valence-corrected chi connectivity index (χ2v) is 4.41. The van der Waals surface area contributed by atoms with Crippen LogP contribution >= 0.6 is 11.3 Å². The summed E-state index contributed by atoms with van der Waals surface area (Å²) in [5.41, 5.74) is 0.634. The summed E-state index contributed by atoms with van der Waals surface area (Å²) in [6, 6.07) is 3.58. The Morgan fingerprint density at radius 2 is 2.29 bits per heavy atom. The molecule has 0 radical (unpaired) electrons. The molecule has 0 aliphatic rings. The molecule has 0 saturated heterocycles. The van der Waals surface area contributed by atoms with E-state index >= 15 is 0 Å².